The second-order valence-corrected chi connectivity index (χ2v) is 8.66. The Morgan fingerprint density at radius 3 is 1.82 bits per heavy atom. The zero-order valence-corrected chi connectivity index (χ0v) is 14.3. The highest BCUT2D eigenvalue weighted by Crippen LogP contribution is 2.42. The third-order valence-electron chi connectivity index (χ3n) is 3.64. The topological polar surface area (TPSA) is 30.7 Å². The van der Waals surface area contributed by atoms with Crippen LogP contribution in [0.1, 0.15) is 0 Å². The van der Waals surface area contributed by atoms with Crippen molar-refractivity contribution in [3.05, 3.63) is 60.7 Å². The molecular formula is C18H25NO2P+. The van der Waals surface area contributed by atoms with Crippen LogP contribution in [-0.2, 0) is 9.30 Å². The average molecular weight is 318 g/mol. The Balaban J connectivity index is 2.12. The lowest BCUT2D eigenvalue weighted by Crippen LogP contribution is -3.06. The molecule has 0 amide bonds. The van der Waals surface area contributed by atoms with Gasteiger partial charge in [0.2, 0.25) is 0 Å². The van der Waals surface area contributed by atoms with Crippen LogP contribution in [0.15, 0.2) is 60.7 Å². The van der Waals surface area contributed by atoms with E-state index in [0.717, 1.165) is 17.2 Å². The molecule has 2 aromatic rings. The highest BCUT2D eigenvalue weighted by molar-refractivity contribution is 7.78. The summed E-state index contributed by atoms with van der Waals surface area (Å²) in [4.78, 5) is 1.36. The summed E-state index contributed by atoms with van der Waals surface area (Å²) in [6.07, 6.45) is 0.545. The zero-order valence-electron chi connectivity index (χ0n) is 13.4. The van der Waals surface area contributed by atoms with E-state index < -0.39 is 7.14 Å². The van der Waals surface area contributed by atoms with Crippen LogP contribution in [-0.4, -0.2) is 40.0 Å². The summed E-state index contributed by atoms with van der Waals surface area (Å²) in [6, 6.07) is 19.5. The maximum Gasteiger partial charge on any atom is 0.145 e. The van der Waals surface area contributed by atoms with Crippen molar-refractivity contribution in [3.63, 3.8) is 0 Å². The van der Waals surface area contributed by atoms with Gasteiger partial charge in [-0.05, 0) is 0 Å². The average Bonchev–Trinajstić information content (AvgIpc) is 2.55. The van der Waals surface area contributed by atoms with Crippen LogP contribution < -0.4 is 15.5 Å². The smallest absolute Gasteiger partial charge is 0.145 e. The normalized spacial score (nSPS) is 11.8. The van der Waals surface area contributed by atoms with Gasteiger partial charge in [-0.25, -0.2) is 0 Å². The van der Waals surface area contributed by atoms with E-state index in [1.165, 1.54) is 4.90 Å². The first-order valence-electron chi connectivity index (χ1n) is 7.70. The van der Waals surface area contributed by atoms with E-state index in [1.807, 2.05) is 60.7 Å². The van der Waals surface area contributed by atoms with E-state index in [2.05, 4.69) is 14.1 Å². The predicted molar refractivity (Wildman–Crippen MR) is 93.1 cm³/mol. The summed E-state index contributed by atoms with van der Waals surface area (Å²) in [5.41, 5.74) is 0. The molecule has 0 saturated carbocycles. The monoisotopic (exact) mass is 318 g/mol. The predicted octanol–water partition coefficient (Wildman–Crippen LogP) is 1.16. The maximum atomic E-state index is 13.6. The number of rotatable bonds is 8. The number of nitrogens with one attached hydrogen (secondary N) is 1. The second-order valence-electron chi connectivity index (χ2n) is 5.70. The Hall–Kier alpha value is -1.41. The molecule has 2 rings (SSSR count). The van der Waals surface area contributed by atoms with Crippen LogP contribution in [0, 0.1) is 0 Å². The molecule has 0 radical (unpaired) electrons. The molecular weight excluding hydrogens is 293 g/mol. The van der Waals surface area contributed by atoms with Gasteiger partial charge in [-0.1, -0.05) is 60.7 Å². The van der Waals surface area contributed by atoms with E-state index in [0.29, 0.717) is 19.4 Å². The number of hydrogen-bond acceptors (Lipinski definition) is 2. The summed E-state index contributed by atoms with van der Waals surface area (Å²) >= 11 is 0. The van der Waals surface area contributed by atoms with Gasteiger partial charge >= 0.3 is 0 Å². The molecule has 1 N–H and O–H groups in total. The lowest BCUT2D eigenvalue weighted by molar-refractivity contribution is -0.858. The summed E-state index contributed by atoms with van der Waals surface area (Å²) in [5.74, 6) is 0. The molecule has 4 heteroatoms. The first kappa shape index (κ1) is 17.0. The molecule has 0 aromatic heterocycles. The van der Waals surface area contributed by atoms with Crippen LogP contribution in [0.3, 0.4) is 0 Å². The summed E-state index contributed by atoms with van der Waals surface area (Å²) in [6.45, 7) is 2.18. The molecule has 0 aliphatic heterocycles. The lowest BCUT2D eigenvalue weighted by atomic mass is 10.4. The fraction of sp³-hybridized carbons (Fsp3) is 0.333. The first-order valence-corrected chi connectivity index (χ1v) is 9.59. The Morgan fingerprint density at radius 1 is 0.864 bits per heavy atom. The minimum atomic E-state index is -2.62. The molecule has 118 valence electrons. The second kappa shape index (κ2) is 8.28. The number of ether oxygens (including phenoxy) is 1. The minimum absolute atomic E-state index is 0.522. The summed E-state index contributed by atoms with van der Waals surface area (Å²) < 4.78 is 19.3. The Bertz CT molecular complexity index is 555. The quantitative estimate of drug-likeness (QED) is 0.585. The Morgan fingerprint density at radius 2 is 1.36 bits per heavy atom. The van der Waals surface area contributed by atoms with Gasteiger partial charge < -0.3 is 14.2 Å². The molecule has 0 spiro atoms. The van der Waals surface area contributed by atoms with Crippen molar-refractivity contribution in [1.82, 2.24) is 0 Å². The van der Waals surface area contributed by atoms with Gasteiger partial charge in [0, 0.05) is 16.8 Å². The number of hydrogen-bond donors (Lipinski definition) is 1. The third-order valence-corrected chi connectivity index (χ3v) is 6.72. The van der Waals surface area contributed by atoms with Crippen molar-refractivity contribution in [2.24, 2.45) is 0 Å². The summed E-state index contributed by atoms with van der Waals surface area (Å²) in [7, 11) is 1.58. The maximum absolute atomic E-state index is 13.6. The molecule has 0 bridgehead atoms. The van der Waals surface area contributed by atoms with Crippen LogP contribution >= 0.6 is 7.14 Å². The molecule has 0 unspecified atom stereocenters. The van der Waals surface area contributed by atoms with Crippen LogP contribution in [0.2, 0.25) is 0 Å². The fourth-order valence-electron chi connectivity index (χ4n) is 2.32. The first-order chi connectivity index (χ1) is 10.6. The molecule has 0 aliphatic carbocycles. The van der Waals surface area contributed by atoms with Crippen LogP contribution in [0.4, 0.5) is 0 Å². The van der Waals surface area contributed by atoms with Crippen molar-refractivity contribution in [2.45, 2.75) is 0 Å². The van der Waals surface area contributed by atoms with Crippen molar-refractivity contribution in [1.29, 1.82) is 0 Å². The van der Waals surface area contributed by atoms with Gasteiger partial charge in [0.05, 0.1) is 27.3 Å². The number of quaternary nitrogens is 1. The molecule has 0 atom stereocenters. The molecule has 0 aliphatic rings. The zero-order chi connectivity index (χ0) is 15.8. The SMILES string of the molecule is C[NH+](C)CCOCCP(=O)(c1ccccc1)c1ccccc1. The van der Waals surface area contributed by atoms with Gasteiger partial charge in [-0.15, -0.1) is 0 Å². The lowest BCUT2D eigenvalue weighted by Gasteiger charge is -2.19. The van der Waals surface area contributed by atoms with E-state index in [4.69, 9.17) is 4.74 Å². The van der Waals surface area contributed by atoms with Crippen molar-refractivity contribution in [3.8, 4) is 0 Å². The van der Waals surface area contributed by atoms with Crippen LogP contribution in [0.5, 0.6) is 0 Å². The van der Waals surface area contributed by atoms with Gasteiger partial charge in [0.15, 0.2) is 0 Å². The van der Waals surface area contributed by atoms with Gasteiger partial charge in [-0.2, -0.15) is 0 Å². The molecule has 0 heterocycles. The van der Waals surface area contributed by atoms with Gasteiger partial charge in [0.25, 0.3) is 0 Å². The molecule has 0 fully saturated rings. The van der Waals surface area contributed by atoms with Gasteiger partial charge in [-0.3, -0.25) is 0 Å². The number of likely N-dealkylation sites (N-methyl/N-ethyl adjacent to an activating group) is 1. The Labute approximate surface area is 133 Å². The van der Waals surface area contributed by atoms with Crippen molar-refractivity contribution < 1.29 is 14.2 Å². The standard InChI is InChI=1S/C18H24NO2P/c1-19(2)13-14-21-15-16-22(20,17-9-5-3-6-10-17)18-11-7-4-8-12-18/h3-12H,13-16H2,1-2H3/p+1. The van der Waals surface area contributed by atoms with Gasteiger partial charge in [0.1, 0.15) is 13.7 Å². The largest absolute Gasteiger partial charge is 0.375 e. The molecule has 0 saturated heterocycles. The third kappa shape index (κ3) is 4.54. The highest BCUT2D eigenvalue weighted by atomic mass is 31.2. The molecule has 2 aromatic carbocycles. The van der Waals surface area contributed by atoms with E-state index >= 15 is 0 Å². The van der Waals surface area contributed by atoms with Crippen LogP contribution in [0.25, 0.3) is 0 Å². The van der Waals surface area contributed by atoms with E-state index in [9.17, 15) is 4.57 Å². The van der Waals surface area contributed by atoms with Crippen molar-refractivity contribution in [2.75, 3.05) is 40.0 Å². The van der Waals surface area contributed by atoms with E-state index in [1.54, 1.807) is 0 Å². The van der Waals surface area contributed by atoms with Crippen molar-refractivity contribution >= 4 is 17.8 Å². The number of benzene rings is 2. The van der Waals surface area contributed by atoms with E-state index in [-0.39, 0.29) is 0 Å². The molecule has 22 heavy (non-hydrogen) atoms. The minimum Gasteiger partial charge on any atom is -0.375 e. The molecule has 3 nitrogen and oxygen atoms in total. The highest BCUT2D eigenvalue weighted by Gasteiger charge is 2.26. The summed E-state index contributed by atoms with van der Waals surface area (Å²) in [5, 5.41) is 1.81. The Kier molecular flexibility index (Phi) is 6.38. The fourth-order valence-corrected chi connectivity index (χ4v) is 4.82.